The Morgan fingerprint density at radius 3 is 2.44 bits per heavy atom. The van der Waals surface area contributed by atoms with Crippen molar-refractivity contribution in [2.75, 3.05) is 13.6 Å². The molecular weight excluding hydrogens is 230 g/mol. The van der Waals surface area contributed by atoms with Gasteiger partial charge in [0, 0.05) is 26.4 Å². The van der Waals surface area contributed by atoms with Crippen LogP contribution in [0.5, 0.6) is 0 Å². The molecule has 4 heteroatoms. The molecule has 0 saturated heterocycles. The summed E-state index contributed by atoms with van der Waals surface area (Å²) in [6.45, 7) is 0.816. The molecular formula is C14H25NO3. The van der Waals surface area contributed by atoms with Crippen LogP contribution in [0, 0.1) is 5.92 Å². The molecule has 1 N–H and O–H groups in total. The highest BCUT2D eigenvalue weighted by molar-refractivity contribution is 5.76. The molecule has 1 fully saturated rings. The Hall–Kier alpha value is -1.06. The highest BCUT2D eigenvalue weighted by atomic mass is 16.4. The number of hydrogen-bond acceptors (Lipinski definition) is 2. The van der Waals surface area contributed by atoms with E-state index in [2.05, 4.69) is 0 Å². The van der Waals surface area contributed by atoms with Crippen molar-refractivity contribution in [3.05, 3.63) is 0 Å². The minimum Gasteiger partial charge on any atom is -0.481 e. The molecule has 1 aliphatic carbocycles. The third-order valence-corrected chi connectivity index (χ3v) is 3.80. The van der Waals surface area contributed by atoms with E-state index in [1.807, 2.05) is 7.05 Å². The Balaban J connectivity index is 2.12. The van der Waals surface area contributed by atoms with Gasteiger partial charge in [-0.3, -0.25) is 9.59 Å². The van der Waals surface area contributed by atoms with Gasteiger partial charge < -0.3 is 10.0 Å². The highest BCUT2D eigenvalue weighted by Crippen LogP contribution is 2.26. The molecule has 0 aromatic heterocycles. The van der Waals surface area contributed by atoms with Gasteiger partial charge in [-0.2, -0.15) is 0 Å². The summed E-state index contributed by atoms with van der Waals surface area (Å²) in [6.07, 6.45) is 8.63. The predicted octanol–water partition coefficient (Wildman–Crippen LogP) is 2.67. The average Bonchev–Trinajstić information content (AvgIpc) is 2.36. The molecule has 4 nitrogen and oxygen atoms in total. The number of carboxylic acid groups (broad SMARTS) is 1. The van der Waals surface area contributed by atoms with Crippen molar-refractivity contribution >= 4 is 11.9 Å². The second kappa shape index (κ2) is 8.11. The van der Waals surface area contributed by atoms with E-state index in [4.69, 9.17) is 5.11 Å². The fraction of sp³-hybridized carbons (Fsp3) is 0.857. The van der Waals surface area contributed by atoms with Crippen LogP contribution in [-0.2, 0) is 9.59 Å². The van der Waals surface area contributed by atoms with Crippen LogP contribution in [0.25, 0.3) is 0 Å². The molecule has 0 bridgehead atoms. The molecule has 0 aliphatic heterocycles. The van der Waals surface area contributed by atoms with E-state index in [9.17, 15) is 9.59 Å². The van der Waals surface area contributed by atoms with Crippen molar-refractivity contribution in [2.24, 2.45) is 5.92 Å². The lowest BCUT2D eigenvalue weighted by molar-refractivity contribution is -0.137. The van der Waals surface area contributed by atoms with Gasteiger partial charge in [0.25, 0.3) is 0 Å². The number of nitrogens with zero attached hydrogens (tertiary/aromatic N) is 1. The van der Waals surface area contributed by atoms with Crippen molar-refractivity contribution in [1.29, 1.82) is 0 Å². The van der Waals surface area contributed by atoms with Crippen molar-refractivity contribution in [3.8, 4) is 0 Å². The Labute approximate surface area is 109 Å². The quantitative estimate of drug-likeness (QED) is 0.761. The van der Waals surface area contributed by atoms with Gasteiger partial charge in [-0.1, -0.05) is 32.1 Å². The average molecular weight is 255 g/mol. The molecule has 0 unspecified atom stereocenters. The van der Waals surface area contributed by atoms with E-state index < -0.39 is 5.97 Å². The molecule has 1 aliphatic rings. The largest absolute Gasteiger partial charge is 0.481 e. The second-order valence-electron chi connectivity index (χ2n) is 5.36. The summed E-state index contributed by atoms with van der Waals surface area (Å²) in [5, 5.41) is 8.51. The molecule has 0 atom stereocenters. The number of rotatable bonds is 7. The summed E-state index contributed by atoms with van der Waals surface area (Å²) >= 11 is 0. The summed E-state index contributed by atoms with van der Waals surface area (Å²) in [5.41, 5.74) is 0. The van der Waals surface area contributed by atoms with Gasteiger partial charge in [0.05, 0.1) is 0 Å². The van der Waals surface area contributed by atoms with Crippen LogP contribution in [-0.4, -0.2) is 35.5 Å². The Morgan fingerprint density at radius 2 is 1.83 bits per heavy atom. The SMILES string of the molecule is CN(CCC1CCCCC1)C(=O)CCCC(=O)O. The molecule has 0 aromatic carbocycles. The van der Waals surface area contributed by atoms with Crippen LogP contribution in [0.3, 0.4) is 0 Å². The molecule has 0 radical (unpaired) electrons. The normalized spacial score (nSPS) is 16.5. The minimum absolute atomic E-state index is 0.0760. The fourth-order valence-corrected chi connectivity index (χ4v) is 2.56. The van der Waals surface area contributed by atoms with E-state index in [1.165, 1.54) is 32.1 Å². The van der Waals surface area contributed by atoms with Crippen LogP contribution in [0.15, 0.2) is 0 Å². The molecule has 1 rings (SSSR count). The first-order valence-corrected chi connectivity index (χ1v) is 7.05. The zero-order chi connectivity index (χ0) is 13.4. The van der Waals surface area contributed by atoms with E-state index in [0.717, 1.165) is 18.9 Å². The van der Waals surface area contributed by atoms with Gasteiger partial charge in [-0.05, 0) is 18.8 Å². The summed E-state index contributed by atoms with van der Waals surface area (Å²) in [7, 11) is 1.83. The van der Waals surface area contributed by atoms with Gasteiger partial charge in [0.15, 0.2) is 0 Å². The topological polar surface area (TPSA) is 57.6 Å². The second-order valence-corrected chi connectivity index (χ2v) is 5.36. The van der Waals surface area contributed by atoms with Crippen LogP contribution in [0.4, 0.5) is 0 Å². The molecule has 0 aromatic rings. The zero-order valence-electron chi connectivity index (χ0n) is 11.4. The first-order valence-electron chi connectivity index (χ1n) is 7.05. The Bertz CT molecular complexity index is 272. The first-order chi connectivity index (χ1) is 8.59. The number of carboxylic acids is 1. The zero-order valence-corrected chi connectivity index (χ0v) is 11.4. The van der Waals surface area contributed by atoms with Crippen molar-refractivity contribution < 1.29 is 14.7 Å². The predicted molar refractivity (Wildman–Crippen MR) is 70.3 cm³/mol. The lowest BCUT2D eigenvalue weighted by Gasteiger charge is -2.24. The lowest BCUT2D eigenvalue weighted by atomic mass is 9.87. The summed E-state index contributed by atoms with van der Waals surface area (Å²) in [5.74, 6) is 0.0349. The highest BCUT2D eigenvalue weighted by Gasteiger charge is 2.15. The van der Waals surface area contributed by atoms with Crippen LogP contribution >= 0.6 is 0 Å². The Morgan fingerprint density at radius 1 is 1.17 bits per heavy atom. The fourth-order valence-electron chi connectivity index (χ4n) is 2.56. The summed E-state index contributed by atoms with van der Waals surface area (Å²) in [6, 6.07) is 0. The van der Waals surface area contributed by atoms with E-state index in [-0.39, 0.29) is 12.3 Å². The molecule has 18 heavy (non-hydrogen) atoms. The maximum atomic E-state index is 11.7. The van der Waals surface area contributed by atoms with Gasteiger partial charge in [-0.15, -0.1) is 0 Å². The third-order valence-electron chi connectivity index (χ3n) is 3.80. The Kier molecular flexibility index (Phi) is 6.76. The molecule has 104 valence electrons. The summed E-state index contributed by atoms with van der Waals surface area (Å²) < 4.78 is 0. The van der Waals surface area contributed by atoms with Crippen molar-refractivity contribution in [3.63, 3.8) is 0 Å². The van der Waals surface area contributed by atoms with Gasteiger partial charge in [-0.25, -0.2) is 0 Å². The minimum atomic E-state index is -0.826. The van der Waals surface area contributed by atoms with Gasteiger partial charge >= 0.3 is 5.97 Å². The standard InChI is InChI=1S/C14H25NO3/c1-15(13(16)8-5-9-14(17)18)11-10-12-6-3-2-4-7-12/h12H,2-11H2,1H3,(H,17,18). The van der Waals surface area contributed by atoms with E-state index >= 15 is 0 Å². The maximum absolute atomic E-state index is 11.7. The number of amides is 1. The van der Waals surface area contributed by atoms with Gasteiger partial charge in [0.2, 0.25) is 5.91 Å². The summed E-state index contributed by atoms with van der Waals surface area (Å²) in [4.78, 5) is 23.8. The smallest absolute Gasteiger partial charge is 0.303 e. The van der Waals surface area contributed by atoms with E-state index in [1.54, 1.807) is 4.90 Å². The number of aliphatic carboxylic acids is 1. The van der Waals surface area contributed by atoms with Crippen LogP contribution in [0.1, 0.15) is 57.8 Å². The van der Waals surface area contributed by atoms with E-state index in [0.29, 0.717) is 12.8 Å². The third kappa shape index (κ3) is 6.03. The molecule has 0 spiro atoms. The molecule has 1 amide bonds. The van der Waals surface area contributed by atoms with Gasteiger partial charge in [0.1, 0.15) is 0 Å². The molecule has 1 saturated carbocycles. The first kappa shape index (κ1) is 15.0. The number of carbonyl (C=O) groups excluding carboxylic acids is 1. The van der Waals surface area contributed by atoms with Crippen molar-refractivity contribution in [2.45, 2.75) is 57.8 Å². The maximum Gasteiger partial charge on any atom is 0.303 e. The number of carbonyl (C=O) groups is 2. The molecule has 0 heterocycles. The number of hydrogen-bond donors (Lipinski definition) is 1. The van der Waals surface area contributed by atoms with Crippen LogP contribution in [0.2, 0.25) is 0 Å². The monoisotopic (exact) mass is 255 g/mol. The van der Waals surface area contributed by atoms with Crippen molar-refractivity contribution in [1.82, 2.24) is 4.90 Å². The van der Waals surface area contributed by atoms with Crippen LogP contribution < -0.4 is 0 Å². The lowest BCUT2D eigenvalue weighted by Crippen LogP contribution is -2.29.